The summed E-state index contributed by atoms with van der Waals surface area (Å²) in [5.41, 5.74) is 5.38. The maximum Gasteiger partial charge on any atom is 0.337 e. The van der Waals surface area contributed by atoms with E-state index >= 15 is 0 Å². The number of fused-ring (bicyclic) bond motifs is 9. The van der Waals surface area contributed by atoms with Gasteiger partial charge in [-0.05, 0) is 86.5 Å². The highest BCUT2D eigenvalue weighted by atomic mass is 19.1. The summed E-state index contributed by atoms with van der Waals surface area (Å²) >= 11 is 0. The SMILES string of the molecule is COC(=O)c1ccc2c(C3CCCCC3)c3n(c2c1)CC1(C(=O)N2C4CCC2CN(C)C4)CC1c1cc(F)ccc1-3. The average Bonchev–Trinajstić information content (AvgIpc) is 3.57. The highest BCUT2D eigenvalue weighted by molar-refractivity contribution is 6.00. The number of amides is 1. The van der Waals surface area contributed by atoms with E-state index in [9.17, 15) is 14.0 Å². The van der Waals surface area contributed by atoms with Crippen molar-refractivity contribution < 1.29 is 18.7 Å². The van der Waals surface area contributed by atoms with Gasteiger partial charge in [-0.2, -0.15) is 0 Å². The second kappa shape index (κ2) is 9.15. The lowest BCUT2D eigenvalue weighted by molar-refractivity contribution is -0.143. The molecule has 2 aliphatic carbocycles. The minimum atomic E-state index is -0.596. The van der Waals surface area contributed by atoms with Crippen molar-refractivity contribution in [1.82, 2.24) is 14.4 Å². The number of nitrogens with zero attached hydrogens (tertiary/aromatic N) is 3. The Labute approximate surface area is 240 Å². The second-order valence-corrected chi connectivity index (χ2v) is 13.4. The number of hydrogen-bond donors (Lipinski definition) is 0. The van der Waals surface area contributed by atoms with E-state index in [1.54, 1.807) is 12.1 Å². The summed E-state index contributed by atoms with van der Waals surface area (Å²) in [6, 6.07) is 11.6. The first-order valence-corrected chi connectivity index (χ1v) is 15.4. The number of rotatable bonds is 3. The van der Waals surface area contributed by atoms with Crippen LogP contribution in [0.2, 0.25) is 0 Å². The van der Waals surface area contributed by atoms with Gasteiger partial charge in [0, 0.05) is 54.1 Å². The van der Waals surface area contributed by atoms with Crippen molar-refractivity contribution >= 4 is 22.8 Å². The molecule has 7 heteroatoms. The van der Waals surface area contributed by atoms with Crippen molar-refractivity contribution in [2.45, 2.75) is 81.8 Å². The normalized spacial score (nSPS) is 29.0. The van der Waals surface area contributed by atoms with Gasteiger partial charge < -0.3 is 19.1 Å². The third-order valence-electron chi connectivity index (χ3n) is 11.0. The van der Waals surface area contributed by atoms with Crippen molar-refractivity contribution in [3.8, 4) is 11.3 Å². The summed E-state index contributed by atoms with van der Waals surface area (Å²) in [7, 11) is 3.57. The van der Waals surface area contributed by atoms with E-state index in [0.717, 1.165) is 72.9 Å². The number of halogens is 1. The molecule has 0 N–H and O–H groups in total. The molecule has 3 aliphatic heterocycles. The number of ether oxygens (including phenoxy) is 1. The lowest BCUT2D eigenvalue weighted by Crippen LogP contribution is -2.57. The maximum absolute atomic E-state index is 14.9. The van der Waals surface area contributed by atoms with Gasteiger partial charge in [-0.15, -0.1) is 0 Å². The minimum Gasteiger partial charge on any atom is -0.465 e. The number of esters is 1. The van der Waals surface area contributed by atoms with Crippen LogP contribution in [0.5, 0.6) is 0 Å². The summed E-state index contributed by atoms with van der Waals surface area (Å²) in [6.07, 6.45) is 8.75. The van der Waals surface area contributed by atoms with Crippen molar-refractivity contribution in [1.29, 1.82) is 0 Å². The fourth-order valence-electron chi connectivity index (χ4n) is 9.09. The Kier molecular flexibility index (Phi) is 5.70. The highest BCUT2D eigenvalue weighted by Crippen LogP contribution is 2.66. The van der Waals surface area contributed by atoms with Crippen LogP contribution in [0.3, 0.4) is 0 Å². The minimum absolute atomic E-state index is 0.00213. The van der Waals surface area contributed by atoms with Crippen LogP contribution >= 0.6 is 0 Å². The first-order chi connectivity index (χ1) is 19.9. The molecule has 5 aliphatic rings. The molecule has 3 aromatic rings. The van der Waals surface area contributed by atoms with Crippen LogP contribution in [-0.2, 0) is 16.1 Å². The Balaban J connectivity index is 1.35. The number of likely N-dealkylation sites (tertiary alicyclic amines) is 1. The summed E-state index contributed by atoms with van der Waals surface area (Å²) in [6.45, 7) is 2.39. The zero-order valence-electron chi connectivity index (χ0n) is 24.0. The van der Waals surface area contributed by atoms with E-state index in [-0.39, 0.29) is 35.7 Å². The lowest BCUT2D eigenvalue weighted by Gasteiger charge is -2.41. The lowest BCUT2D eigenvalue weighted by atomic mass is 9.81. The van der Waals surface area contributed by atoms with Gasteiger partial charge in [0.05, 0.1) is 23.8 Å². The van der Waals surface area contributed by atoms with E-state index in [1.165, 1.54) is 31.9 Å². The van der Waals surface area contributed by atoms with E-state index in [4.69, 9.17) is 4.74 Å². The molecule has 0 spiro atoms. The molecule has 8 rings (SSSR count). The number of carbonyl (C=O) groups is 2. The number of methoxy groups -OCH3 is 1. The number of likely N-dealkylation sites (N-methyl/N-ethyl adjacent to an activating group) is 1. The predicted octanol–water partition coefficient (Wildman–Crippen LogP) is 6.07. The summed E-state index contributed by atoms with van der Waals surface area (Å²) in [4.78, 5) is 32.0. The largest absolute Gasteiger partial charge is 0.465 e. The van der Waals surface area contributed by atoms with Gasteiger partial charge in [-0.3, -0.25) is 4.79 Å². The number of benzene rings is 2. The molecule has 4 heterocycles. The van der Waals surface area contributed by atoms with Gasteiger partial charge in [-0.1, -0.05) is 25.3 Å². The smallest absolute Gasteiger partial charge is 0.337 e. The van der Waals surface area contributed by atoms with Gasteiger partial charge in [0.2, 0.25) is 5.91 Å². The van der Waals surface area contributed by atoms with Crippen LogP contribution in [0.25, 0.3) is 22.2 Å². The second-order valence-electron chi connectivity index (χ2n) is 13.4. The first kappa shape index (κ1) is 25.5. The zero-order valence-corrected chi connectivity index (χ0v) is 24.0. The monoisotopic (exact) mass is 555 g/mol. The maximum atomic E-state index is 14.9. The van der Waals surface area contributed by atoms with Crippen molar-refractivity contribution in [2.75, 3.05) is 27.2 Å². The Morgan fingerprint density at radius 3 is 2.46 bits per heavy atom. The fraction of sp³-hybridized carbons (Fsp3) is 0.529. The van der Waals surface area contributed by atoms with E-state index in [2.05, 4.69) is 27.5 Å². The van der Waals surface area contributed by atoms with Crippen LogP contribution in [0, 0.1) is 11.2 Å². The molecule has 6 nitrogen and oxygen atoms in total. The van der Waals surface area contributed by atoms with Gasteiger partial charge in [0.15, 0.2) is 0 Å². The van der Waals surface area contributed by atoms with Gasteiger partial charge in [0.1, 0.15) is 5.82 Å². The molecular formula is C34H38FN3O3. The van der Waals surface area contributed by atoms with Crippen LogP contribution in [-0.4, -0.2) is 65.6 Å². The standard InChI is InChI=1S/C34H38FN3O3/c1-36-17-23-10-11-24(18-36)38(23)33(40)34-16-28(34)27-15-22(35)9-13-25(27)31-30(20-6-4-3-5-7-20)26-12-8-21(32(39)41-2)14-29(26)37(31)19-34/h8-9,12-15,20,23-24,28H,3-7,10-11,16-19H2,1-2H3. The third-order valence-corrected chi connectivity index (χ3v) is 11.0. The number of aromatic nitrogens is 1. The van der Waals surface area contributed by atoms with Crippen LogP contribution < -0.4 is 0 Å². The molecule has 2 bridgehead atoms. The topological polar surface area (TPSA) is 54.8 Å². The van der Waals surface area contributed by atoms with Crippen molar-refractivity contribution in [2.24, 2.45) is 5.41 Å². The van der Waals surface area contributed by atoms with Gasteiger partial charge in [-0.25, -0.2) is 9.18 Å². The summed E-state index contributed by atoms with van der Waals surface area (Å²) in [5, 5.41) is 1.15. The molecule has 41 heavy (non-hydrogen) atoms. The molecule has 0 radical (unpaired) electrons. The molecule has 1 amide bonds. The fourth-order valence-corrected chi connectivity index (χ4v) is 9.09. The molecule has 1 aromatic heterocycles. The van der Waals surface area contributed by atoms with E-state index < -0.39 is 5.41 Å². The third kappa shape index (κ3) is 3.70. The van der Waals surface area contributed by atoms with Crippen molar-refractivity contribution in [3.63, 3.8) is 0 Å². The van der Waals surface area contributed by atoms with Gasteiger partial charge >= 0.3 is 5.97 Å². The molecule has 214 valence electrons. The highest BCUT2D eigenvalue weighted by Gasteiger charge is 2.65. The first-order valence-electron chi connectivity index (χ1n) is 15.4. The molecule has 4 fully saturated rings. The van der Waals surface area contributed by atoms with Crippen LogP contribution in [0.1, 0.15) is 84.7 Å². The molecule has 4 unspecified atom stereocenters. The molecule has 2 aromatic carbocycles. The summed E-state index contributed by atoms with van der Waals surface area (Å²) in [5.74, 6) is 0.0447. The number of carbonyl (C=O) groups excluding carboxylic acids is 2. The molecule has 2 saturated carbocycles. The number of hydrogen-bond acceptors (Lipinski definition) is 4. The van der Waals surface area contributed by atoms with Crippen molar-refractivity contribution in [3.05, 3.63) is 58.9 Å². The van der Waals surface area contributed by atoms with Crippen LogP contribution in [0.15, 0.2) is 36.4 Å². The Bertz CT molecular complexity index is 1580. The quantitative estimate of drug-likeness (QED) is 0.368. The van der Waals surface area contributed by atoms with Crippen LogP contribution in [0.4, 0.5) is 4.39 Å². The molecule has 2 saturated heterocycles. The zero-order chi connectivity index (χ0) is 28.0. The number of piperazine rings is 1. The van der Waals surface area contributed by atoms with E-state index in [1.807, 2.05) is 18.2 Å². The molecular weight excluding hydrogens is 517 g/mol. The predicted molar refractivity (Wildman–Crippen MR) is 155 cm³/mol. The summed E-state index contributed by atoms with van der Waals surface area (Å²) < 4.78 is 22.4. The van der Waals surface area contributed by atoms with Gasteiger partial charge in [0.25, 0.3) is 0 Å². The Hall–Kier alpha value is -3.19. The Morgan fingerprint density at radius 2 is 1.73 bits per heavy atom. The molecule has 4 atom stereocenters. The average molecular weight is 556 g/mol. The van der Waals surface area contributed by atoms with E-state index in [0.29, 0.717) is 18.0 Å². The Morgan fingerprint density at radius 1 is 0.976 bits per heavy atom.